The molecule has 0 aliphatic heterocycles. The zero-order valence-electron chi connectivity index (χ0n) is 12.0. The number of thiocarbonyl (C=S) groups is 1. The Hall–Kier alpha value is -1.17. The van der Waals surface area contributed by atoms with Gasteiger partial charge in [0.15, 0.2) is 0 Å². The maximum absolute atomic E-state index is 8.72. The van der Waals surface area contributed by atoms with Crippen LogP contribution in [0.1, 0.15) is 24.8 Å². The van der Waals surface area contributed by atoms with Crippen molar-refractivity contribution in [2.24, 2.45) is 5.73 Å². The molecule has 20 heavy (non-hydrogen) atoms. The molecular formula is C15H24N2O2S. The summed E-state index contributed by atoms with van der Waals surface area (Å²) in [4.78, 5) is 2.58. The van der Waals surface area contributed by atoms with E-state index in [1.807, 2.05) is 24.3 Å². The number of rotatable bonds is 10. The minimum atomic E-state index is 0.280. The van der Waals surface area contributed by atoms with Gasteiger partial charge in [0.2, 0.25) is 0 Å². The maximum atomic E-state index is 8.72. The smallest absolute Gasteiger partial charge is 0.129 e. The highest BCUT2D eigenvalue weighted by molar-refractivity contribution is 7.80. The summed E-state index contributed by atoms with van der Waals surface area (Å²) in [5.41, 5.74) is 6.45. The first kappa shape index (κ1) is 16.9. The summed E-state index contributed by atoms with van der Waals surface area (Å²) in [5.74, 6) is 0.744. The van der Waals surface area contributed by atoms with Gasteiger partial charge in [-0.1, -0.05) is 24.4 Å². The summed E-state index contributed by atoms with van der Waals surface area (Å²) in [5, 5.41) is 8.72. The Morgan fingerprint density at radius 2 is 2.00 bits per heavy atom. The fraction of sp³-hybridized carbons (Fsp3) is 0.533. The summed E-state index contributed by atoms with van der Waals surface area (Å²) in [6, 6.07) is 7.57. The summed E-state index contributed by atoms with van der Waals surface area (Å²) < 4.78 is 5.75. The standard InChI is InChI=1S/C15H24N2O2S/c1-17(9-5-2-6-11-18)10-12-19-14-8-4-3-7-13(14)15(16)20/h3-4,7-8,18H,2,5-6,9-12H2,1H3,(H2,16,20). The fourth-order valence-corrected chi connectivity index (χ4v) is 2.06. The van der Waals surface area contributed by atoms with E-state index in [-0.39, 0.29) is 6.61 Å². The molecule has 0 radical (unpaired) electrons. The van der Waals surface area contributed by atoms with Crippen LogP contribution in [0.3, 0.4) is 0 Å². The molecule has 0 spiro atoms. The predicted octanol–water partition coefficient (Wildman–Crippen LogP) is 1.79. The molecule has 3 N–H and O–H groups in total. The monoisotopic (exact) mass is 296 g/mol. The van der Waals surface area contributed by atoms with Crippen LogP contribution in [-0.4, -0.2) is 48.3 Å². The number of aliphatic hydroxyl groups is 1. The number of aliphatic hydroxyl groups excluding tert-OH is 1. The lowest BCUT2D eigenvalue weighted by Crippen LogP contribution is -2.25. The SMILES string of the molecule is CN(CCCCCO)CCOc1ccccc1C(N)=S. The van der Waals surface area contributed by atoms with E-state index in [1.165, 1.54) is 0 Å². The van der Waals surface area contributed by atoms with Gasteiger partial charge in [-0.05, 0) is 45.0 Å². The van der Waals surface area contributed by atoms with Crippen LogP contribution < -0.4 is 10.5 Å². The lowest BCUT2D eigenvalue weighted by molar-refractivity contribution is 0.230. The van der Waals surface area contributed by atoms with Gasteiger partial charge in [-0.25, -0.2) is 0 Å². The van der Waals surface area contributed by atoms with E-state index in [2.05, 4.69) is 11.9 Å². The van der Waals surface area contributed by atoms with Crippen molar-refractivity contribution in [3.05, 3.63) is 29.8 Å². The van der Waals surface area contributed by atoms with Crippen molar-refractivity contribution in [3.8, 4) is 5.75 Å². The molecule has 0 amide bonds. The van der Waals surface area contributed by atoms with E-state index < -0.39 is 0 Å². The summed E-state index contributed by atoms with van der Waals surface area (Å²) in [6.45, 7) is 2.75. The average Bonchev–Trinajstić information content (AvgIpc) is 2.44. The number of hydrogen-bond acceptors (Lipinski definition) is 4. The molecule has 0 heterocycles. The Morgan fingerprint density at radius 3 is 2.70 bits per heavy atom. The van der Waals surface area contributed by atoms with Crippen molar-refractivity contribution in [2.45, 2.75) is 19.3 Å². The molecule has 0 unspecified atom stereocenters. The molecule has 1 aromatic carbocycles. The van der Waals surface area contributed by atoms with Crippen molar-refractivity contribution < 1.29 is 9.84 Å². The molecular weight excluding hydrogens is 272 g/mol. The van der Waals surface area contributed by atoms with Crippen LogP contribution in [0.2, 0.25) is 0 Å². The van der Waals surface area contributed by atoms with Gasteiger partial charge in [-0.3, -0.25) is 0 Å². The zero-order chi connectivity index (χ0) is 14.8. The molecule has 0 aromatic heterocycles. The molecule has 1 rings (SSSR count). The van der Waals surface area contributed by atoms with Crippen LogP contribution in [0.4, 0.5) is 0 Å². The number of likely N-dealkylation sites (N-methyl/N-ethyl adjacent to an activating group) is 1. The van der Waals surface area contributed by atoms with Crippen molar-refractivity contribution in [1.82, 2.24) is 4.90 Å². The maximum Gasteiger partial charge on any atom is 0.129 e. The minimum absolute atomic E-state index is 0.280. The quantitative estimate of drug-likeness (QED) is 0.509. The molecule has 1 aromatic rings. The van der Waals surface area contributed by atoms with Crippen LogP contribution in [0.15, 0.2) is 24.3 Å². The largest absolute Gasteiger partial charge is 0.492 e. The number of para-hydroxylation sites is 1. The first-order chi connectivity index (χ1) is 9.65. The second-order valence-electron chi connectivity index (χ2n) is 4.80. The molecule has 5 heteroatoms. The van der Waals surface area contributed by atoms with Gasteiger partial charge < -0.3 is 20.5 Å². The Bertz CT molecular complexity index is 413. The molecule has 0 aliphatic carbocycles. The number of ether oxygens (including phenoxy) is 1. The summed E-state index contributed by atoms with van der Waals surface area (Å²) in [6.07, 6.45) is 3.04. The van der Waals surface area contributed by atoms with Gasteiger partial charge in [0, 0.05) is 13.2 Å². The molecule has 0 fully saturated rings. The third-order valence-electron chi connectivity index (χ3n) is 3.08. The van der Waals surface area contributed by atoms with Gasteiger partial charge in [0.1, 0.15) is 17.3 Å². The highest BCUT2D eigenvalue weighted by Gasteiger charge is 2.05. The van der Waals surface area contributed by atoms with Crippen LogP contribution >= 0.6 is 12.2 Å². The van der Waals surface area contributed by atoms with E-state index in [4.69, 9.17) is 27.8 Å². The van der Waals surface area contributed by atoms with Crippen LogP contribution in [0.5, 0.6) is 5.75 Å². The van der Waals surface area contributed by atoms with Gasteiger partial charge in [0.25, 0.3) is 0 Å². The minimum Gasteiger partial charge on any atom is -0.492 e. The normalized spacial score (nSPS) is 10.8. The van der Waals surface area contributed by atoms with E-state index in [0.717, 1.165) is 43.7 Å². The first-order valence-electron chi connectivity index (χ1n) is 6.96. The van der Waals surface area contributed by atoms with Crippen molar-refractivity contribution in [3.63, 3.8) is 0 Å². The van der Waals surface area contributed by atoms with E-state index >= 15 is 0 Å². The van der Waals surface area contributed by atoms with Gasteiger partial charge >= 0.3 is 0 Å². The Labute approximate surface area is 126 Å². The van der Waals surface area contributed by atoms with E-state index in [1.54, 1.807) is 0 Å². The zero-order valence-corrected chi connectivity index (χ0v) is 12.9. The lowest BCUT2D eigenvalue weighted by atomic mass is 10.2. The highest BCUT2D eigenvalue weighted by atomic mass is 32.1. The number of hydrogen-bond donors (Lipinski definition) is 2. The van der Waals surface area contributed by atoms with Crippen LogP contribution in [-0.2, 0) is 0 Å². The van der Waals surface area contributed by atoms with E-state index in [9.17, 15) is 0 Å². The Balaban J connectivity index is 2.28. The number of unbranched alkanes of at least 4 members (excludes halogenated alkanes) is 2. The third kappa shape index (κ3) is 6.32. The highest BCUT2D eigenvalue weighted by Crippen LogP contribution is 2.17. The number of nitrogens with zero attached hydrogens (tertiary/aromatic N) is 1. The predicted molar refractivity (Wildman–Crippen MR) is 86.3 cm³/mol. The lowest BCUT2D eigenvalue weighted by Gasteiger charge is -2.17. The molecule has 0 saturated heterocycles. The fourth-order valence-electron chi connectivity index (χ4n) is 1.89. The first-order valence-corrected chi connectivity index (χ1v) is 7.37. The van der Waals surface area contributed by atoms with Gasteiger partial charge in [0.05, 0.1) is 5.56 Å². The molecule has 0 atom stereocenters. The number of benzene rings is 1. The third-order valence-corrected chi connectivity index (χ3v) is 3.30. The molecule has 4 nitrogen and oxygen atoms in total. The van der Waals surface area contributed by atoms with Crippen molar-refractivity contribution in [1.29, 1.82) is 0 Å². The summed E-state index contributed by atoms with van der Waals surface area (Å²) in [7, 11) is 2.07. The average molecular weight is 296 g/mol. The van der Waals surface area contributed by atoms with Crippen molar-refractivity contribution in [2.75, 3.05) is 33.4 Å². The summed E-state index contributed by atoms with van der Waals surface area (Å²) >= 11 is 5.00. The topological polar surface area (TPSA) is 58.7 Å². The number of nitrogens with two attached hydrogens (primary N) is 1. The molecule has 0 aliphatic rings. The van der Waals surface area contributed by atoms with Crippen LogP contribution in [0.25, 0.3) is 0 Å². The molecule has 112 valence electrons. The van der Waals surface area contributed by atoms with Crippen molar-refractivity contribution >= 4 is 17.2 Å². The Kier molecular flexibility index (Phi) is 8.18. The van der Waals surface area contributed by atoms with Gasteiger partial charge in [-0.2, -0.15) is 0 Å². The second kappa shape index (κ2) is 9.69. The van der Waals surface area contributed by atoms with E-state index in [0.29, 0.717) is 11.6 Å². The van der Waals surface area contributed by atoms with Crippen LogP contribution in [0, 0.1) is 0 Å². The van der Waals surface area contributed by atoms with Gasteiger partial charge in [-0.15, -0.1) is 0 Å². The second-order valence-corrected chi connectivity index (χ2v) is 5.24. The molecule has 0 bridgehead atoms. The molecule has 0 saturated carbocycles. The Morgan fingerprint density at radius 1 is 1.25 bits per heavy atom.